The van der Waals surface area contributed by atoms with Gasteiger partial charge in [0.05, 0.1) is 23.9 Å². The second-order valence-corrected chi connectivity index (χ2v) is 11.5. The number of aliphatic hydroxyl groups excluding tert-OH is 1. The van der Waals surface area contributed by atoms with Crippen LogP contribution in [0.2, 0.25) is 0 Å². The molecular weight excluding hydrogens is 514 g/mol. The van der Waals surface area contributed by atoms with Gasteiger partial charge in [-0.2, -0.15) is 0 Å². The minimum Gasteiger partial charge on any atom is -0.390 e. The van der Waals surface area contributed by atoms with Crippen LogP contribution in [0, 0.1) is 0 Å². The Balaban J connectivity index is 1.23. The number of rotatable bonds is 8. The number of fused-ring (bicyclic) bond motifs is 3. The van der Waals surface area contributed by atoms with E-state index in [1.807, 2.05) is 0 Å². The number of hydrogen-bond donors (Lipinski definition) is 1. The second kappa shape index (κ2) is 11.9. The lowest BCUT2D eigenvalue weighted by atomic mass is 9.97. The molecule has 1 aromatic heterocycles. The van der Waals surface area contributed by atoms with Crippen molar-refractivity contribution in [3.8, 4) is 22.4 Å². The zero-order valence-corrected chi connectivity index (χ0v) is 23.9. The van der Waals surface area contributed by atoms with Crippen LogP contribution < -0.4 is 0 Å². The van der Waals surface area contributed by atoms with E-state index in [0.29, 0.717) is 13.1 Å². The van der Waals surface area contributed by atoms with Gasteiger partial charge in [-0.05, 0) is 22.1 Å². The molecule has 1 atom stereocenters. The van der Waals surface area contributed by atoms with Gasteiger partial charge in [-0.15, -0.1) is 0 Å². The Morgan fingerprint density at radius 3 is 1.86 bits per heavy atom. The Labute approximate surface area is 248 Å². The lowest BCUT2D eigenvalue weighted by molar-refractivity contribution is 0.0631. The maximum absolute atomic E-state index is 11.7. The van der Waals surface area contributed by atoms with Crippen LogP contribution >= 0.6 is 0 Å². The summed E-state index contributed by atoms with van der Waals surface area (Å²) < 4.78 is 2.39. The smallest absolute Gasteiger partial charge is 0.0845 e. The number of benzene rings is 5. The van der Waals surface area contributed by atoms with Crippen LogP contribution in [-0.4, -0.2) is 58.3 Å². The number of piperazine rings is 1. The Kier molecular flexibility index (Phi) is 7.58. The molecular formula is C38H37N3O. The van der Waals surface area contributed by atoms with Crippen molar-refractivity contribution in [1.29, 1.82) is 0 Å². The summed E-state index contributed by atoms with van der Waals surface area (Å²) in [5.74, 6) is 0. The number of aromatic nitrogens is 1. The van der Waals surface area contributed by atoms with Crippen molar-refractivity contribution in [3.63, 3.8) is 0 Å². The summed E-state index contributed by atoms with van der Waals surface area (Å²) in [7, 11) is 0. The van der Waals surface area contributed by atoms with Gasteiger partial charge in [0, 0.05) is 55.6 Å². The average Bonchev–Trinajstić information content (AvgIpc) is 3.37. The predicted molar refractivity (Wildman–Crippen MR) is 174 cm³/mol. The first kappa shape index (κ1) is 26.7. The second-order valence-electron chi connectivity index (χ2n) is 11.5. The van der Waals surface area contributed by atoms with Crippen molar-refractivity contribution < 1.29 is 5.11 Å². The lowest BCUT2D eigenvalue weighted by Gasteiger charge is -2.35. The summed E-state index contributed by atoms with van der Waals surface area (Å²) >= 11 is 0. The van der Waals surface area contributed by atoms with Gasteiger partial charge in [-0.25, -0.2) is 0 Å². The molecule has 0 bridgehead atoms. The molecule has 4 heteroatoms. The third-order valence-corrected chi connectivity index (χ3v) is 8.63. The molecule has 1 saturated heterocycles. The Morgan fingerprint density at radius 1 is 0.548 bits per heavy atom. The summed E-state index contributed by atoms with van der Waals surface area (Å²) in [6.07, 6.45) is -0.494. The highest BCUT2D eigenvalue weighted by Gasteiger charge is 2.25. The van der Waals surface area contributed by atoms with Crippen molar-refractivity contribution in [2.75, 3.05) is 32.7 Å². The van der Waals surface area contributed by atoms with Crippen LogP contribution in [0.5, 0.6) is 0 Å². The molecule has 0 amide bonds. The van der Waals surface area contributed by atoms with E-state index in [9.17, 15) is 5.11 Å². The van der Waals surface area contributed by atoms with Crippen molar-refractivity contribution >= 4 is 21.7 Å². The summed E-state index contributed by atoms with van der Waals surface area (Å²) in [4.78, 5) is 4.94. The van der Waals surface area contributed by atoms with E-state index in [1.54, 1.807) is 0 Å². The van der Waals surface area contributed by atoms with E-state index < -0.39 is 6.10 Å². The van der Waals surface area contributed by atoms with E-state index >= 15 is 0 Å². The summed E-state index contributed by atoms with van der Waals surface area (Å²) in [5, 5.41) is 15.3. The first-order chi connectivity index (χ1) is 20.7. The fourth-order valence-corrected chi connectivity index (χ4v) is 6.64. The minimum absolute atomic E-state index is 0.494. The van der Waals surface area contributed by atoms with Gasteiger partial charge in [0.2, 0.25) is 0 Å². The molecule has 0 spiro atoms. The van der Waals surface area contributed by atoms with Crippen molar-refractivity contribution in [1.82, 2.24) is 14.4 Å². The molecule has 210 valence electrons. The van der Waals surface area contributed by atoms with Crippen LogP contribution in [0.15, 0.2) is 127 Å². The monoisotopic (exact) mass is 551 g/mol. The molecule has 0 radical (unpaired) electrons. The van der Waals surface area contributed by atoms with E-state index in [-0.39, 0.29) is 0 Å². The Bertz CT molecular complexity index is 1770. The van der Waals surface area contributed by atoms with Gasteiger partial charge in [0.15, 0.2) is 0 Å². The molecule has 6 aromatic rings. The molecule has 1 N–H and O–H groups in total. The molecule has 0 aliphatic carbocycles. The maximum atomic E-state index is 11.7. The van der Waals surface area contributed by atoms with Gasteiger partial charge in [0.25, 0.3) is 0 Å². The van der Waals surface area contributed by atoms with Crippen LogP contribution in [0.1, 0.15) is 5.56 Å². The van der Waals surface area contributed by atoms with E-state index in [0.717, 1.165) is 32.7 Å². The van der Waals surface area contributed by atoms with Gasteiger partial charge in [0.1, 0.15) is 0 Å². The van der Waals surface area contributed by atoms with Crippen molar-refractivity contribution in [2.45, 2.75) is 19.2 Å². The first-order valence-electron chi connectivity index (χ1n) is 15.1. The van der Waals surface area contributed by atoms with Gasteiger partial charge in [-0.1, -0.05) is 127 Å². The van der Waals surface area contributed by atoms with E-state index in [4.69, 9.17) is 0 Å². The fourth-order valence-electron chi connectivity index (χ4n) is 6.64. The molecule has 1 unspecified atom stereocenters. The largest absolute Gasteiger partial charge is 0.390 e. The van der Waals surface area contributed by atoms with Crippen LogP contribution in [0.25, 0.3) is 44.1 Å². The van der Waals surface area contributed by atoms with Crippen LogP contribution in [0.3, 0.4) is 0 Å². The van der Waals surface area contributed by atoms with Crippen molar-refractivity contribution in [3.05, 3.63) is 133 Å². The summed E-state index contributed by atoms with van der Waals surface area (Å²) in [6.45, 7) is 6.17. The summed E-state index contributed by atoms with van der Waals surface area (Å²) in [6, 6.07) is 45.2. The van der Waals surface area contributed by atoms with Crippen LogP contribution in [0.4, 0.5) is 0 Å². The minimum atomic E-state index is -0.494. The Hall–Kier alpha value is -4.22. The molecule has 1 aliphatic rings. The SMILES string of the molecule is OC(CN1CCN(Cc2ccccc2)CC1)Cn1c(-c2ccccc2)c(-c2ccccc2)c2ccc3ccccc3c21. The number of nitrogens with zero attached hydrogens (tertiary/aromatic N) is 3. The number of hydrogen-bond acceptors (Lipinski definition) is 3. The van der Waals surface area contributed by atoms with Gasteiger partial charge >= 0.3 is 0 Å². The zero-order chi connectivity index (χ0) is 28.3. The van der Waals surface area contributed by atoms with Crippen molar-refractivity contribution in [2.24, 2.45) is 0 Å². The topological polar surface area (TPSA) is 31.6 Å². The summed E-state index contributed by atoms with van der Waals surface area (Å²) in [5.41, 5.74) is 7.31. The highest BCUT2D eigenvalue weighted by molar-refractivity contribution is 6.15. The standard InChI is InChI=1S/C38H37N3O/c42-33(27-40-24-22-39(23-25-40)26-29-12-4-1-5-13-29)28-41-37(32-17-8-3-9-18-32)36(31-15-6-2-7-16-31)35-21-20-30-14-10-11-19-34(30)38(35)41/h1-21,33,42H,22-28H2. The normalized spacial score (nSPS) is 15.4. The molecule has 1 fully saturated rings. The highest BCUT2D eigenvalue weighted by Crippen LogP contribution is 2.43. The highest BCUT2D eigenvalue weighted by atomic mass is 16.3. The first-order valence-corrected chi connectivity index (χ1v) is 15.1. The quantitative estimate of drug-likeness (QED) is 0.215. The Morgan fingerprint density at radius 2 is 1.14 bits per heavy atom. The average molecular weight is 552 g/mol. The number of aliphatic hydroxyl groups is 1. The molecule has 42 heavy (non-hydrogen) atoms. The fraction of sp³-hybridized carbons (Fsp3) is 0.211. The van der Waals surface area contributed by atoms with E-state index in [1.165, 1.54) is 49.6 Å². The number of β-amino-alcohol motifs (C(OH)–C–C–N with tert-alkyl or cyclic N) is 1. The molecule has 1 aliphatic heterocycles. The molecule has 7 rings (SSSR count). The molecule has 0 saturated carbocycles. The zero-order valence-electron chi connectivity index (χ0n) is 23.9. The third kappa shape index (κ3) is 5.37. The van der Waals surface area contributed by atoms with Gasteiger partial charge in [-0.3, -0.25) is 9.80 Å². The lowest BCUT2D eigenvalue weighted by Crippen LogP contribution is -2.48. The van der Waals surface area contributed by atoms with E-state index in [2.05, 4.69) is 142 Å². The molecule has 5 aromatic carbocycles. The molecule has 2 heterocycles. The maximum Gasteiger partial charge on any atom is 0.0845 e. The molecule has 4 nitrogen and oxygen atoms in total. The van der Waals surface area contributed by atoms with Gasteiger partial charge < -0.3 is 9.67 Å². The predicted octanol–water partition coefficient (Wildman–Crippen LogP) is 7.31. The third-order valence-electron chi connectivity index (χ3n) is 8.63. The van der Waals surface area contributed by atoms with Crippen LogP contribution in [-0.2, 0) is 13.1 Å².